The van der Waals surface area contributed by atoms with Crippen molar-refractivity contribution in [3.8, 4) is 11.8 Å². The molecule has 2 heterocycles. The number of aromatic nitrogens is 2. The smallest absolute Gasteiger partial charge is 0.224 e. The van der Waals surface area contributed by atoms with Gasteiger partial charge in [-0.25, -0.2) is 4.98 Å². The normalized spacial score (nSPS) is 17.6. The van der Waals surface area contributed by atoms with E-state index in [0.717, 1.165) is 0 Å². The number of rotatable bonds is 10. The third-order valence-electron chi connectivity index (χ3n) is 5.67. The van der Waals surface area contributed by atoms with Gasteiger partial charge in [0.1, 0.15) is 17.3 Å². The molecule has 3 rings (SSSR count). The molecule has 1 saturated heterocycles. The van der Waals surface area contributed by atoms with Gasteiger partial charge in [0.25, 0.3) is 0 Å². The molecule has 0 radical (unpaired) electrons. The maximum absolute atomic E-state index is 13.0. The standard InChI is InChI=1S/C23H29N5O4/c1-13(2)9-15(23(31)26-16(12-24)10-14-7-8-25-22(14)30)11-18(29)21-27-17-5-4-6-19(32-3)20(17)28-21/h4-6,13-16H,7-11H2,1-3H3,(H,25,30)(H,26,31)(H,27,28). The Morgan fingerprint density at radius 2 is 2.16 bits per heavy atom. The zero-order chi connectivity index (χ0) is 23.3. The van der Waals surface area contributed by atoms with E-state index in [-0.39, 0.29) is 48.1 Å². The quantitative estimate of drug-likeness (QED) is 0.486. The van der Waals surface area contributed by atoms with Gasteiger partial charge in [-0.15, -0.1) is 0 Å². The average molecular weight is 440 g/mol. The highest BCUT2D eigenvalue weighted by molar-refractivity contribution is 5.99. The number of hydrogen-bond acceptors (Lipinski definition) is 6. The number of nitriles is 1. The first kappa shape index (κ1) is 23.3. The highest BCUT2D eigenvalue weighted by atomic mass is 16.5. The van der Waals surface area contributed by atoms with Crippen LogP contribution in [0, 0.1) is 29.1 Å². The molecule has 9 heteroatoms. The summed E-state index contributed by atoms with van der Waals surface area (Å²) in [5.74, 6) is -0.711. The Balaban J connectivity index is 1.71. The van der Waals surface area contributed by atoms with E-state index >= 15 is 0 Å². The maximum atomic E-state index is 13.0. The molecule has 1 aromatic carbocycles. The van der Waals surface area contributed by atoms with Crippen molar-refractivity contribution in [3.63, 3.8) is 0 Å². The van der Waals surface area contributed by atoms with Crippen LogP contribution in [0.25, 0.3) is 11.0 Å². The lowest BCUT2D eigenvalue weighted by molar-refractivity contribution is -0.127. The molecule has 1 aliphatic rings. The van der Waals surface area contributed by atoms with Gasteiger partial charge in [-0.3, -0.25) is 14.4 Å². The molecule has 0 saturated carbocycles. The highest BCUT2D eigenvalue weighted by Crippen LogP contribution is 2.25. The number of methoxy groups -OCH3 is 1. The number of benzene rings is 1. The lowest BCUT2D eigenvalue weighted by atomic mass is 9.90. The molecule has 170 valence electrons. The molecule has 0 spiro atoms. The number of amides is 2. The van der Waals surface area contributed by atoms with Gasteiger partial charge in [0.15, 0.2) is 11.6 Å². The number of H-pyrrole nitrogens is 1. The Kier molecular flexibility index (Phi) is 7.46. The van der Waals surface area contributed by atoms with Gasteiger partial charge < -0.3 is 20.4 Å². The molecule has 1 aromatic heterocycles. The maximum Gasteiger partial charge on any atom is 0.224 e. The third-order valence-corrected chi connectivity index (χ3v) is 5.67. The second-order valence-corrected chi connectivity index (χ2v) is 8.60. The molecule has 3 unspecified atom stereocenters. The summed E-state index contributed by atoms with van der Waals surface area (Å²) in [5.41, 5.74) is 1.24. The zero-order valence-corrected chi connectivity index (χ0v) is 18.6. The number of carbonyl (C=O) groups excluding carboxylic acids is 3. The van der Waals surface area contributed by atoms with Gasteiger partial charge >= 0.3 is 0 Å². The summed E-state index contributed by atoms with van der Waals surface area (Å²) in [6.45, 7) is 4.53. The van der Waals surface area contributed by atoms with Crippen molar-refractivity contribution in [2.75, 3.05) is 13.7 Å². The van der Waals surface area contributed by atoms with Gasteiger partial charge in [-0.05, 0) is 37.3 Å². The van der Waals surface area contributed by atoms with Crippen LogP contribution in [0.15, 0.2) is 18.2 Å². The summed E-state index contributed by atoms with van der Waals surface area (Å²) in [5, 5.41) is 15.0. The van der Waals surface area contributed by atoms with E-state index in [2.05, 4.69) is 26.7 Å². The second kappa shape index (κ2) is 10.3. The number of Topliss-reactive ketones (excluding diaryl/α,β-unsaturated/α-hetero) is 1. The summed E-state index contributed by atoms with van der Waals surface area (Å²) >= 11 is 0. The van der Waals surface area contributed by atoms with Crippen LogP contribution in [0.5, 0.6) is 5.75 Å². The summed E-state index contributed by atoms with van der Waals surface area (Å²) in [6.07, 6.45) is 1.37. The summed E-state index contributed by atoms with van der Waals surface area (Å²) in [7, 11) is 1.54. The fourth-order valence-electron chi connectivity index (χ4n) is 4.06. The summed E-state index contributed by atoms with van der Waals surface area (Å²) < 4.78 is 5.29. The number of nitrogens with one attached hydrogen (secondary N) is 3. The van der Waals surface area contributed by atoms with Crippen LogP contribution in [0.2, 0.25) is 0 Å². The van der Waals surface area contributed by atoms with E-state index in [1.54, 1.807) is 18.2 Å². The van der Waals surface area contributed by atoms with E-state index in [1.165, 1.54) is 7.11 Å². The average Bonchev–Trinajstić information content (AvgIpc) is 3.38. The number of carbonyl (C=O) groups is 3. The molecule has 1 aliphatic heterocycles. The minimum Gasteiger partial charge on any atom is -0.494 e. The Bertz CT molecular complexity index is 1040. The van der Waals surface area contributed by atoms with Gasteiger partial charge in [0.05, 0.1) is 18.7 Å². The molecule has 2 aromatic rings. The van der Waals surface area contributed by atoms with E-state index in [9.17, 15) is 19.6 Å². The fraction of sp³-hybridized carbons (Fsp3) is 0.522. The number of para-hydroxylation sites is 1. The van der Waals surface area contributed by atoms with E-state index < -0.39 is 12.0 Å². The predicted molar refractivity (Wildman–Crippen MR) is 118 cm³/mol. The van der Waals surface area contributed by atoms with Crippen molar-refractivity contribution < 1.29 is 19.1 Å². The molecule has 3 N–H and O–H groups in total. The largest absolute Gasteiger partial charge is 0.494 e. The molecule has 1 fully saturated rings. The fourth-order valence-corrected chi connectivity index (χ4v) is 4.06. The molecule has 0 aliphatic carbocycles. The van der Waals surface area contributed by atoms with Crippen LogP contribution < -0.4 is 15.4 Å². The summed E-state index contributed by atoms with van der Waals surface area (Å²) in [4.78, 5) is 45.1. The molecule has 2 amide bonds. The number of hydrogen-bond donors (Lipinski definition) is 3. The number of imidazole rings is 1. The molecule has 9 nitrogen and oxygen atoms in total. The van der Waals surface area contributed by atoms with Crippen LogP contribution in [0.3, 0.4) is 0 Å². The van der Waals surface area contributed by atoms with Crippen molar-refractivity contribution in [1.82, 2.24) is 20.6 Å². The predicted octanol–water partition coefficient (Wildman–Crippen LogP) is 2.34. The minimum absolute atomic E-state index is 0.0335. The Morgan fingerprint density at radius 3 is 2.78 bits per heavy atom. The highest BCUT2D eigenvalue weighted by Gasteiger charge is 2.31. The zero-order valence-electron chi connectivity index (χ0n) is 18.6. The molecular formula is C23H29N5O4. The van der Waals surface area contributed by atoms with Gasteiger partial charge in [-0.1, -0.05) is 19.9 Å². The number of nitrogens with zero attached hydrogens (tertiary/aromatic N) is 2. The van der Waals surface area contributed by atoms with Gasteiger partial charge in [0, 0.05) is 24.8 Å². The Hall–Kier alpha value is -3.41. The number of ether oxygens (including phenoxy) is 1. The molecular weight excluding hydrogens is 410 g/mol. The number of fused-ring (bicyclic) bond motifs is 1. The van der Waals surface area contributed by atoms with Crippen molar-refractivity contribution in [2.24, 2.45) is 17.8 Å². The number of aromatic amines is 1. The van der Waals surface area contributed by atoms with E-state index in [4.69, 9.17) is 4.74 Å². The lowest BCUT2D eigenvalue weighted by Crippen LogP contribution is -2.41. The first-order valence-corrected chi connectivity index (χ1v) is 10.9. The van der Waals surface area contributed by atoms with Crippen LogP contribution in [-0.2, 0) is 9.59 Å². The lowest BCUT2D eigenvalue weighted by Gasteiger charge is -2.21. The monoisotopic (exact) mass is 439 g/mol. The number of ketones is 1. The topological polar surface area (TPSA) is 137 Å². The van der Waals surface area contributed by atoms with Gasteiger partial charge in [-0.2, -0.15) is 5.26 Å². The van der Waals surface area contributed by atoms with Crippen molar-refractivity contribution in [3.05, 3.63) is 24.0 Å². The van der Waals surface area contributed by atoms with Crippen molar-refractivity contribution in [2.45, 2.75) is 45.6 Å². The SMILES string of the molecule is COc1cccc2[nH]c(C(=O)CC(CC(C)C)C(=O)NC(C#N)CC3CCNC3=O)nc12. The molecule has 0 bridgehead atoms. The van der Waals surface area contributed by atoms with Crippen LogP contribution in [0.4, 0.5) is 0 Å². The van der Waals surface area contributed by atoms with Crippen LogP contribution in [-0.4, -0.2) is 47.3 Å². The summed E-state index contributed by atoms with van der Waals surface area (Å²) in [6, 6.07) is 6.66. The van der Waals surface area contributed by atoms with Crippen LogP contribution in [0.1, 0.15) is 50.1 Å². The minimum atomic E-state index is -0.781. The van der Waals surface area contributed by atoms with E-state index in [1.807, 2.05) is 13.8 Å². The Morgan fingerprint density at radius 1 is 1.38 bits per heavy atom. The van der Waals surface area contributed by atoms with E-state index in [0.29, 0.717) is 36.2 Å². The molecule has 3 atom stereocenters. The third kappa shape index (κ3) is 5.44. The van der Waals surface area contributed by atoms with Crippen LogP contribution >= 0.6 is 0 Å². The first-order valence-electron chi connectivity index (χ1n) is 10.9. The Labute approximate surface area is 186 Å². The molecule has 32 heavy (non-hydrogen) atoms. The van der Waals surface area contributed by atoms with Crippen molar-refractivity contribution in [1.29, 1.82) is 5.26 Å². The second-order valence-electron chi connectivity index (χ2n) is 8.60. The van der Waals surface area contributed by atoms with Gasteiger partial charge in [0.2, 0.25) is 11.8 Å². The first-order chi connectivity index (χ1) is 15.3. The van der Waals surface area contributed by atoms with Crippen molar-refractivity contribution >= 4 is 28.6 Å².